The van der Waals surface area contributed by atoms with E-state index in [0.29, 0.717) is 17.8 Å². The summed E-state index contributed by atoms with van der Waals surface area (Å²) in [7, 11) is 0. The third kappa shape index (κ3) is 2.98. The van der Waals surface area contributed by atoms with Crippen LogP contribution in [0.1, 0.15) is 36.2 Å². The van der Waals surface area contributed by atoms with Crippen LogP contribution in [0.2, 0.25) is 0 Å². The number of hydrogen-bond donors (Lipinski definition) is 1. The Labute approximate surface area is 114 Å². The van der Waals surface area contributed by atoms with Crippen LogP contribution in [0.3, 0.4) is 0 Å². The van der Waals surface area contributed by atoms with E-state index < -0.39 is 17.8 Å². The summed E-state index contributed by atoms with van der Waals surface area (Å²) in [4.78, 5) is 0. The maximum absolute atomic E-state index is 12.7. The van der Waals surface area contributed by atoms with Crippen molar-refractivity contribution in [2.45, 2.75) is 32.1 Å². The summed E-state index contributed by atoms with van der Waals surface area (Å²) in [6.07, 6.45) is -2.05. The Hall–Kier alpha value is -1.89. The number of benzene rings is 1. The first-order valence-electron chi connectivity index (χ1n) is 6.24. The van der Waals surface area contributed by atoms with Gasteiger partial charge in [-0.3, -0.25) is 0 Å². The molecule has 2 rings (SSSR count). The van der Waals surface area contributed by atoms with Gasteiger partial charge in [0.25, 0.3) is 0 Å². The lowest BCUT2D eigenvalue weighted by atomic mass is 10.0. The van der Waals surface area contributed by atoms with E-state index in [0.717, 1.165) is 18.6 Å². The van der Waals surface area contributed by atoms with Gasteiger partial charge < -0.3 is 5.73 Å². The van der Waals surface area contributed by atoms with E-state index >= 15 is 0 Å². The molecule has 1 atom stereocenters. The molecule has 2 N–H and O–H groups in total. The SMILES string of the molecule is CCCn1nncc1C(N)c1cccc(C(F)(F)F)c1. The van der Waals surface area contributed by atoms with E-state index in [1.54, 1.807) is 10.7 Å². The zero-order chi connectivity index (χ0) is 14.8. The van der Waals surface area contributed by atoms with E-state index in [4.69, 9.17) is 5.73 Å². The maximum Gasteiger partial charge on any atom is 0.416 e. The molecule has 1 heterocycles. The number of halogens is 3. The van der Waals surface area contributed by atoms with Gasteiger partial charge in [-0.25, -0.2) is 4.68 Å². The Morgan fingerprint density at radius 1 is 1.35 bits per heavy atom. The molecule has 0 aliphatic heterocycles. The molecule has 0 aliphatic carbocycles. The van der Waals surface area contributed by atoms with Crippen molar-refractivity contribution in [2.24, 2.45) is 5.73 Å². The van der Waals surface area contributed by atoms with Gasteiger partial charge in [-0.2, -0.15) is 13.2 Å². The van der Waals surface area contributed by atoms with Crippen molar-refractivity contribution < 1.29 is 13.2 Å². The van der Waals surface area contributed by atoms with Crippen molar-refractivity contribution in [1.82, 2.24) is 15.0 Å². The number of alkyl halides is 3. The average molecular weight is 284 g/mol. The minimum absolute atomic E-state index is 0.388. The lowest BCUT2D eigenvalue weighted by molar-refractivity contribution is -0.137. The molecule has 20 heavy (non-hydrogen) atoms. The van der Waals surface area contributed by atoms with E-state index in [1.165, 1.54) is 12.3 Å². The molecule has 7 heteroatoms. The molecular formula is C13H15F3N4. The highest BCUT2D eigenvalue weighted by atomic mass is 19.4. The molecule has 0 radical (unpaired) electrons. The standard InChI is InChI=1S/C13H15F3N4/c1-2-6-20-11(8-18-19-20)12(17)9-4-3-5-10(7-9)13(14,15)16/h3-5,7-8,12H,2,6,17H2,1H3. The Kier molecular flexibility index (Phi) is 4.08. The lowest BCUT2D eigenvalue weighted by Gasteiger charge is -2.15. The van der Waals surface area contributed by atoms with E-state index in [2.05, 4.69) is 10.3 Å². The molecule has 0 fully saturated rings. The molecule has 108 valence electrons. The van der Waals surface area contributed by atoms with Crippen LogP contribution in [-0.4, -0.2) is 15.0 Å². The summed E-state index contributed by atoms with van der Waals surface area (Å²) < 4.78 is 39.7. The quantitative estimate of drug-likeness (QED) is 0.939. The zero-order valence-corrected chi connectivity index (χ0v) is 10.9. The molecule has 0 amide bonds. The van der Waals surface area contributed by atoms with Gasteiger partial charge in [0, 0.05) is 6.54 Å². The summed E-state index contributed by atoms with van der Waals surface area (Å²) in [5.41, 5.74) is 6.32. The Morgan fingerprint density at radius 3 is 2.75 bits per heavy atom. The fourth-order valence-electron chi connectivity index (χ4n) is 1.97. The molecule has 1 unspecified atom stereocenters. The molecule has 0 bridgehead atoms. The molecular weight excluding hydrogens is 269 g/mol. The maximum atomic E-state index is 12.7. The molecule has 0 aliphatic rings. The normalized spacial score (nSPS) is 13.4. The number of rotatable bonds is 4. The third-order valence-corrected chi connectivity index (χ3v) is 2.97. The Morgan fingerprint density at radius 2 is 2.10 bits per heavy atom. The van der Waals surface area contributed by atoms with E-state index in [-0.39, 0.29) is 0 Å². The highest BCUT2D eigenvalue weighted by molar-refractivity contribution is 5.31. The fourth-order valence-corrected chi connectivity index (χ4v) is 1.97. The van der Waals surface area contributed by atoms with Crippen LogP contribution in [0.15, 0.2) is 30.5 Å². The van der Waals surface area contributed by atoms with Crippen LogP contribution in [-0.2, 0) is 12.7 Å². The van der Waals surface area contributed by atoms with Gasteiger partial charge >= 0.3 is 6.18 Å². The third-order valence-electron chi connectivity index (χ3n) is 2.97. The van der Waals surface area contributed by atoms with Gasteiger partial charge in [0.1, 0.15) is 0 Å². The van der Waals surface area contributed by atoms with Crippen molar-refractivity contribution in [1.29, 1.82) is 0 Å². The summed E-state index contributed by atoms with van der Waals surface area (Å²) >= 11 is 0. The van der Waals surface area contributed by atoms with Gasteiger partial charge in [0.05, 0.1) is 23.5 Å². The van der Waals surface area contributed by atoms with Gasteiger partial charge in [-0.1, -0.05) is 24.3 Å². The predicted molar refractivity (Wildman–Crippen MR) is 67.8 cm³/mol. The number of aryl methyl sites for hydroxylation is 1. The number of nitrogens with zero attached hydrogens (tertiary/aromatic N) is 3. The highest BCUT2D eigenvalue weighted by Gasteiger charge is 2.31. The second-order valence-corrected chi connectivity index (χ2v) is 4.48. The Balaban J connectivity index is 2.33. The second-order valence-electron chi connectivity index (χ2n) is 4.48. The minimum Gasteiger partial charge on any atom is -0.319 e. The van der Waals surface area contributed by atoms with Crippen molar-refractivity contribution >= 4 is 0 Å². The van der Waals surface area contributed by atoms with Crippen LogP contribution in [0.4, 0.5) is 13.2 Å². The van der Waals surface area contributed by atoms with Crippen molar-refractivity contribution in [3.05, 3.63) is 47.3 Å². The highest BCUT2D eigenvalue weighted by Crippen LogP contribution is 2.31. The van der Waals surface area contributed by atoms with Crippen molar-refractivity contribution in [3.8, 4) is 0 Å². The van der Waals surface area contributed by atoms with E-state index in [1.807, 2.05) is 6.92 Å². The minimum atomic E-state index is -4.38. The first kappa shape index (κ1) is 14.5. The van der Waals surface area contributed by atoms with Crippen molar-refractivity contribution in [2.75, 3.05) is 0 Å². The van der Waals surface area contributed by atoms with Crippen LogP contribution in [0.5, 0.6) is 0 Å². The monoisotopic (exact) mass is 284 g/mol. The summed E-state index contributed by atoms with van der Waals surface area (Å²) in [5.74, 6) is 0. The Bertz CT molecular complexity index is 577. The van der Waals surface area contributed by atoms with Crippen molar-refractivity contribution in [3.63, 3.8) is 0 Å². The van der Waals surface area contributed by atoms with Gasteiger partial charge in [-0.15, -0.1) is 5.10 Å². The van der Waals surface area contributed by atoms with Gasteiger partial charge in [-0.05, 0) is 24.1 Å². The number of aromatic nitrogens is 3. The van der Waals surface area contributed by atoms with Crippen LogP contribution < -0.4 is 5.73 Å². The van der Waals surface area contributed by atoms with Crippen LogP contribution in [0.25, 0.3) is 0 Å². The predicted octanol–water partition coefficient (Wildman–Crippen LogP) is 2.76. The summed E-state index contributed by atoms with van der Waals surface area (Å²) in [6.45, 7) is 2.60. The molecule has 2 aromatic rings. The zero-order valence-electron chi connectivity index (χ0n) is 10.9. The molecule has 0 saturated carbocycles. The number of hydrogen-bond acceptors (Lipinski definition) is 3. The topological polar surface area (TPSA) is 56.7 Å². The van der Waals surface area contributed by atoms with Gasteiger partial charge in [0.15, 0.2) is 0 Å². The van der Waals surface area contributed by atoms with Crippen LogP contribution in [0, 0.1) is 0 Å². The molecule has 1 aromatic carbocycles. The average Bonchev–Trinajstić information content (AvgIpc) is 2.86. The number of nitrogens with two attached hydrogens (primary N) is 1. The largest absolute Gasteiger partial charge is 0.416 e. The first-order valence-corrected chi connectivity index (χ1v) is 6.24. The lowest BCUT2D eigenvalue weighted by Crippen LogP contribution is -2.18. The first-order chi connectivity index (χ1) is 9.43. The molecule has 0 saturated heterocycles. The summed E-state index contributed by atoms with van der Waals surface area (Å²) in [5, 5.41) is 7.66. The molecule has 1 aromatic heterocycles. The smallest absolute Gasteiger partial charge is 0.319 e. The van der Waals surface area contributed by atoms with E-state index in [9.17, 15) is 13.2 Å². The fraction of sp³-hybridized carbons (Fsp3) is 0.385. The molecule has 0 spiro atoms. The molecule has 4 nitrogen and oxygen atoms in total. The van der Waals surface area contributed by atoms with Crippen LogP contribution >= 0.6 is 0 Å². The summed E-state index contributed by atoms with van der Waals surface area (Å²) in [6, 6.07) is 4.33. The van der Waals surface area contributed by atoms with Gasteiger partial charge in [0.2, 0.25) is 0 Å². The second kappa shape index (κ2) is 5.62.